The number of hydrogen-bond donors (Lipinski definition) is 3. The first-order valence-corrected chi connectivity index (χ1v) is 11.8. The standard InChI is InChI=1S/C17H17F3N4O4.C8H14O2/c1-16(2,14(26)23-11-5-8-13(25)22-9-11)28-15(21)24-10-3-6-12(7-4-10)27-17(18,19)20;1-10-8(9)7-5-3-2-4-6-7/h3-9H,1-2H3,(H2,21,24)(H,22,25)(H,23,26);7H,2-6H2,1H3. The number of H-pyrrole nitrogens is 1. The second-order valence-electron chi connectivity index (χ2n) is 8.86. The zero-order valence-corrected chi connectivity index (χ0v) is 21.3. The number of nitrogens with two attached hydrogens (primary N) is 1. The molecule has 0 unspecified atom stereocenters. The summed E-state index contributed by atoms with van der Waals surface area (Å²) in [4.78, 5) is 40.6. The number of esters is 1. The van der Waals surface area contributed by atoms with Crippen LogP contribution in [0.3, 0.4) is 0 Å². The molecular formula is C25H31F3N4O6. The van der Waals surface area contributed by atoms with Gasteiger partial charge in [-0.2, -0.15) is 4.99 Å². The number of alkyl halides is 3. The zero-order valence-electron chi connectivity index (χ0n) is 21.3. The molecule has 0 spiro atoms. The van der Waals surface area contributed by atoms with Gasteiger partial charge in [0.05, 0.1) is 24.4 Å². The number of benzene rings is 1. The predicted molar refractivity (Wildman–Crippen MR) is 134 cm³/mol. The molecule has 0 aliphatic heterocycles. The van der Waals surface area contributed by atoms with Crippen molar-refractivity contribution in [1.82, 2.24) is 4.98 Å². The first kappa shape index (κ1) is 30.2. The van der Waals surface area contributed by atoms with E-state index >= 15 is 0 Å². The highest BCUT2D eigenvalue weighted by molar-refractivity contribution is 5.98. The Hall–Kier alpha value is -4.03. The Morgan fingerprint density at radius 1 is 1.05 bits per heavy atom. The Bertz CT molecular complexity index is 1140. The number of amides is 1. The lowest BCUT2D eigenvalue weighted by Gasteiger charge is -2.24. The van der Waals surface area contributed by atoms with E-state index in [1.165, 1.54) is 70.7 Å². The van der Waals surface area contributed by atoms with Gasteiger partial charge in [0.1, 0.15) is 5.75 Å². The molecule has 1 saturated carbocycles. The minimum absolute atomic E-state index is 0.0142. The van der Waals surface area contributed by atoms with Gasteiger partial charge in [-0.15, -0.1) is 13.2 Å². The minimum atomic E-state index is -4.80. The van der Waals surface area contributed by atoms with Crippen LogP contribution in [0, 0.1) is 5.92 Å². The van der Waals surface area contributed by atoms with E-state index in [2.05, 4.69) is 24.8 Å². The molecule has 1 aromatic carbocycles. The van der Waals surface area contributed by atoms with Gasteiger partial charge in [0.25, 0.3) is 11.9 Å². The van der Waals surface area contributed by atoms with Crippen molar-refractivity contribution in [3.63, 3.8) is 0 Å². The summed E-state index contributed by atoms with van der Waals surface area (Å²) in [6.07, 6.45) is 2.26. The third-order valence-electron chi connectivity index (χ3n) is 5.40. The van der Waals surface area contributed by atoms with E-state index in [-0.39, 0.29) is 29.2 Å². The number of hydrogen-bond acceptors (Lipinski definition) is 7. The lowest BCUT2D eigenvalue weighted by molar-refractivity contribution is -0.274. The van der Waals surface area contributed by atoms with Crippen LogP contribution in [0.15, 0.2) is 52.4 Å². The number of ether oxygens (including phenoxy) is 3. The highest BCUT2D eigenvalue weighted by Crippen LogP contribution is 2.26. The minimum Gasteiger partial charge on any atom is -0.469 e. The average molecular weight is 541 g/mol. The summed E-state index contributed by atoms with van der Waals surface area (Å²) in [7, 11) is 1.47. The SMILES string of the molecule is CC(C)(OC(N)=Nc1ccc(OC(F)(F)F)cc1)C(=O)Nc1ccc(=O)[nH]c1.COC(=O)C1CCCCC1. The van der Waals surface area contributed by atoms with Crippen molar-refractivity contribution < 1.29 is 37.0 Å². The van der Waals surface area contributed by atoms with Crippen LogP contribution in [0.2, 0.25) is 0 Å². The topological polar surface area (TPSA) is 145 Å². The molecule has 1 aromatic heterocycles. The Morgan fingerprint density at radius 2 is 1.68 bits per heavy atom. The van der Waals surface area contributed by atoms with Crippen LogP contribution in [0.5, 0.6) is 5.75 Å². The van der Waals surface area contributed by atoms with Gasteiger partial charge in [-0.1, -0.05) is 19.3 Å². The molecule has 1 aliphatic rings. The van der Waals surface area contributed by atoms with Crippen LogP contribution in [-0.4, -0.2) is 42.0 Å². The maximum atomic E-state index is 12.3. The fraction of sp³-hybridized carbons (Fsp3) is 0.440. The quantitative estimate of drug-likeness (QED) is 0.280. The molecule has 1 amide bonds. The van der Waals surface area contributed by atoms with Crippen LogP contribution in [0.1, 0.15) is 46.0 Å². The molecule has 0 bridgehead atoms. The predicted octanol–water partition coefficient (Wildman–Crippen LogP) is 4.39. The number of carbonyl (C=O) groups is 2. The van der Waals surface area contributed by atoms with Gasteiger partial charge in [0.15, 0.2) is 5.60 Å². The monoisotopic (exact) mass is 540 g/mol. The van der Waals surface area contributed by atoms with Crippen molar-refractivity contribution in [2.45, 2.75) is 57.9 Å². The lowest BCUT2D eigenvalue weighted by Crippen LogP contribution is -2.43. The normalized spacial score (nSPS) is 14.5. The van der Waals surface area contributed by atoms with Gasteiger partial charge in [0, 0.05) is 12.3 Å². The fourth-order valence-electron chi connectivity index (χ4n) is 3.46. The van der Waals surface area contributed by atoms with Crippen molar-refractivity contribution in [2.24, 2.45) is 16.6 Å². The molecular weight excluding hydrogens is 509 g/mol. The van der Waals surface area contributed by atoms with Crippen molar-refractivity contribution in [2.75, 3.05) is 12.4 Å². The molecule has 4 N–H and O–H groups in total. The van der Waals surface area contributed by atoms with E-state index in [1.54, 1.807) is 0 Å². The Balaban J connectivity index is 0.000000423. The lowest BCUT2D eigenvalue weighted by atomic mass is 9.89. The Kier molecular flexibility index (Phi) is 10.7. The van der Waals surface area contributed by atoms with E-state index in [4.69, 9.17) is 10.5 Å². The van der Waals surface area contributed by atoms with Crippen LogP contribution in [0.25, 0.3) is 0 Å². The largest absolute Gasteiger partial charge is 0.573 e. The van der Waals surface area contributed by atoms with Gasteiger partial charge < -0.3 is 30.2 Å². The maximum Gasteiger partial charge on any atom is 0.573 e. The Labute approximate surface area is 217 Å². The molecule has 13 heteroatoms. The van der Waals surface area contributed by atoms with E-state index in [0.29, 0.717) is 5.69 Å². The number of methoxy groups -OCH3 is 1. The van der Waals surface area contributed by atoms with E-state index in [9.17, 15) is 27.6 Å². The molecule has 38 heavy (non-hydrogen) atoms. The van der Waals surface area contributed by atoms with Crippen LogP contribution in [0.4, 0.5) is 24.5 Å². The van der Waals surface area contributed by atoms with E-state index in [0.717, 1.165) is 25.0 Å². The highest BCUT2D eigenvalue weighted by atomic mass is 19.4. The molecule has 0 atom stereocenters. The summed E-state index contributed by atoms with van der Waals surface area (Å²) in [5, 5.41) is 2.54. The summed E-state index contributed by atoms with van der Waals surface area (Å²) in [6.45, 7) is 2.88. The number of aromatic nitrogens is 1. The summed E-state index contributed by atoms with van der Waals surface area (Å²) < 4.78 is 50.2. The highest BCUT2D eigenvalue weighted by Gasteiger charge is 2.32. The van der Waals surface area contributed by atoms with Gasteiger partial charge in [0.2, 0.25) is 5.56 Å². The molecule has 1 aliphatic carbocycles. The van der Waals surface area contributed by atoms with Crippen LogP contribution in [-0.2, 0) is 19.1 Å². The number of carbonyl (C=O) groups excluding carboxylic acids is 2. The number of anilines is 1. The van der Waals surface area contributed by atoms with E-state index < -0.39 is 23.6 Å². The first-order valence-electron chi connectivity index (χ1n) is 11.8. The van der Waals surface area contributed by atoms with Crippen molar-refractivity contribution in [3.05, 3.63) is 52.9 Å². The van der Waals surface area contributed by atoms with Crippen LogP contribution < -0.4 is 21.3 Å². The summed E-state index contributed by atoms with van der Waals surface area (Å²) in [5.41, 5.74) is 4.46. The third kappa shape index (κ3) is 10.5. The molecule has 1 fully saturated rings. The smallest absolute Gasteiger partial charge is 0.469 e. The molecule has 2 aromatic rings. The summed E-state index contributed by atoms with van der Waals surface area (Å²) in [5.74, 6) is -0.781. The second-order valence-corrected chi connectivity index (χ2v) is 8.86. The molecule has 1 heterocycles. The maximum absolute atomic E-state index is 12.3. The number of amidine groups is 1. The Morgan fingerprint density at radius 3 is 2.21 bits per heavy atom. The van der Waals surface area contributed by atoms with Gasteiger partial charge in [-0.3, -0.25) is 14.4 Å². The number of rotatable bonds is 6. The summed E-state index contributed by atoms with van der Waals surface area (Å²) >= 11 is 0. The van der Waals surface area contributed by atoms with E-state index in [1.807, 2.05) is 0 Å². The summed E-state index contributed by atoms with van der Waals surface area (Å²) in [6, 6.07) is 6.89. The van der Waals surface area contributed by atoms with Gasteiger partial charge >= 0.3 is 12.3 Å². The third-order valence-corrected chi connectivity index (χ3v) is 5.40. The first-order chi connectivity index (χ1) is 17.8. The number of nitrogens with one attached hydrogen (secondary N) is 2. The van der Waals surface area contributed by atoms with Crippen molar-refractivity contribution >= 4 is 29.3 Å². The fourth-order valence-corrected chi connectivity index (χ4v) is 3.46. The van der Waals surface area contributed by atoms with Gasteiger partial charge in [-0.05, 0) is 57.0 Å². The number of aromatic amines is 1. The number of nitrogens with zero attached hydrogens (tertiary/aromatic N) is 1. The molecule has 3 rings (SSSR count). The average Bonchev–Trinajstić information content (AvgIpc) is 2.86. The number of aliphatic imine (C=N–C) groups is 1. The molecule has 0 radical (unpaired) electrons. The molecule has 208 valence electrons. The zero-order chi connectivity index (χ0) is 28.3. The van der Waals surface area contributed by atoms with Gasteiger partial charge in [-0.25, -0.2) is 0 Å². The number of pyridine rings is 1. The van der Waals surface area contributed by atoms with Crippen molar-refractivity contribution in [3.8, 4) is 5.75 Å². The van der Waals surface area contributed by atoms with Crippen LogP contribution >= 0.6 is 0 Å². The molecule has 0 saturated heterocycles. The van der Waals surface area contributed by atoms with Crippen molar-refractivity contribution in [1.29, 1.82) is 0 Å². The molecule has 10 nitrogen and oxygen atoms in total. The number of halogens is 3. The second kappa shape index (κ2) is 13.5.